The first kappa shape index (κ1) is 22.4. The summed E-state index contributed by atoms with van der Waals surface area (Å²) in [4.78, 5) is 19.7. The van der Waals surface area contributed by atoms with Crippen molar-refractivity contribution in [1.29, 1.82) is 0 Å². The topological polar surface area (TPSA) is 48.1 Å². The maximum Gasteiger partial charge on any atom is 0.227 e. The molecule has 0 radical (unpaired) electrons. The number of benzene rings is 3. The second-order valence-electron chi connectivity index (χ2n) is 7.62. The van der Waals surface area contributed by atoms with E-state index in [1.807, 2.05) is 59.5 Å². The van der Waals surface area contributed by atoms with Gasteiger partial charge in [0.1, 0.15) is 0 Å². The van der Waals surface area contributed by atoms with Crippen LogP contribution in [0.2, 0.25) is 0 Å². The number of carbonyl (C=O) groups excluding carboxylic acids is 1. The van der Waals surface area contributed by atoms with Crippen LogP contribution in [0.1, 0.15) is 5.56 Å². The van der Waals surface area contributed by atoms with E-state index in [2.05, 4.69) is 59.8 Å². The summed E-state index contributed by atoms with van der Waals surface area (Å²) in [5.74, 6) is 0.718. The first-order valence-corrected chi connectivity index (χ1v) is 11.8. The minimum absolute atomic E-state index is 0.0990. The van der Waals surface area contributed by atoms with Crippen LogP contribution < -0.4 is 5.32 Å². The average Bonchev–Trinajstić information content (AvgIpc) is 3.18. The zero-order valence-corrected chi connectivity index (χ0v) is 19.6. The maximum absolute atomic E-state index is 13.4. The number of aromatic amines is 1. The zero-order chi connectivity index (χ0) is 22.3. The summed E-state index contributed by atoms with van der Waals surface area (Å²) in [5.41, 5.74) is 5.14. The number of H-pyrrole nitrogens is 1. The monoisotopic (exact) mass is 461 g/mol. The lowest BCUT2D eigenvalue weighted by atomic mass is 10.0. The molecule has 0 bridgehead atoms. The van der Waals surface area contributed by atoms with Crippen molar-refractivity contribution < 1.29 is 4.79 Å². The Hall–Kier alpha value is -2.83. The number of hydrogen-bond donors (Lipinski definition) is 4. The standard InChI is InChI=1S/C26H27N3OS2/c30-25(29(16-17-31)15-14-27-23-12-6-7-13-24(23)32)18-21-20-10-4-5-11-22(20)28-26(21)19-8-2-1-3-9-19/h1-13,27-28,31-32H,14-18H2. The molecule has 0 fully saturated rings. The van der Waals surface area contributed by atoms with Gasteiger partial charge in [-0.1, -0.05) is 60.7 Å². The number of amides is 1. The van der Waals surface area contributed by atoms with E-state index in [-0.39, 0.29) is 5.91 Å². The molecule has 0 aliphatic heterocycles. The number of nitrogens with zero attached hydrogens (tertiary/aromatic N) is 1. The van der Waals surface area contributed by atoms with Gasteiger partial charge < -0.3 is 15.2 Å². The Balaban J connectivity index is 1.54. The van der Waals surface area contributed by atoms with Crippen molar-refractivity contribution in [2.45, 2.75) is 11.3 Å². The van der Waals surface area contributed by atoms with Gasteiger partial charge in [0, 0.05) is 46.9 Å². The number of para-hydroxylation sites is 2. The van der Waals surface area contributed by atoms with Gasteiger partial charge in [0.2, 0.25) is 5.91 Å². The van der Waals surface area contributed by atoms with Gasteiger partial charge in [0.05, 0.1) is 12.1 Å². The molecule has 0 saturated heterocycles. The molecule has 1 heterocycles. The summed E-state index contributed by atoms with van der Waals surface area (Å²) in [5, 5.41) is 4.47. The predicted octanol–water partition coefficient (Wildman–Crippen LogP) is 5.54. The lowest BCUT2D eigenvalue weighted by molar-refractivity contribution is -0.130. The Labute approximate surface area is 199 Å². The van der Waals surface area contributed by atoms with Crippen LogP contribution in [0.15, 0.2) is 83.8 Å². The molecular weight excluding hydrogens is 434 g/mol. The number of thiol groups is 2. The number of aromatic nitrogens is 1. The van der Waals surface area contributed by atoms with E-state index >= 15 is 0 Å². The molecule has 0 aliphatic rings. The molecule has 4 aromatic rings. The van der Waals surface area contributed by atoms with Crippen molar-refractivity contribution in [1.82, 2.24) is 9.88 Å². The van der Waals surface area contributed by atoms with Gasteiger partial charge in [-0.25, -0.2) is 0 Å². The molecule has 0 spiro atoms. The first-order chi connectivity index (χ1) is 15.7. The third-order valence-corrected chi connectivity index (χ3v) is 6.12. The number of anilines is 1. The van der Waals surface area contributed by atoms with E-state index in [4.69, 9.17) is 0 Å². The summed E-state index contributed by atoms with van der Waals surface area (Å²) >= 11 is 8.87. The third kappa shape index (κ3) is 5.14. The Kier molecular flexibility index (Phi) is 7.45. The highest BCUT2D eigenvalue weighted by Crippen LogP contribution is 2.31. The Morgan fingerprint density at radius 3 is 2.41 bits per heavy atom. The van der Waals surface area contributed by atoms with E-state index in [0.717, 1.165) is 38.3 Å². The lowest BCUT2D eigenvalue weighted by Crippen LogP contribution is -2.37. The van der Waals surface area contributed by atoms with Crippen molar-refractivity contribution in [3.8, 4) is 11.3 Å². The fourth-order valence-corrected chi connectivity index (χ4v) is 4.41. The fraction of sp³-hybridized carbons (Fsp3) is 0.192. The van der Waals surface area contributed by atoms with E-state index in [1.165, 1.54) is 0 Å². The highest BCUT2D eigenvalue weighted by atomic mass is 32.1. The average molecular weight is 462 g/mol. The number of carbonyl (C=O) groups is 1. The van der Waals surface area contributed by atoms with Gasteiger partial charge in [-0.05, 0) is 29.3 Å². The lowest BCUT2D eigenvalue weighted by Gasteiger charge is -2.23. The summed E-state index contributed by atoms with van der Waals surface area (Å²) in [6.07, 6.45) is 0.338. The van der Waals surface area contributed by atoms with E-state index in [0.29, 0.717) is 31.8 Å². The van der Waals surface area contributed by atoms with Crippen LogP contribution in [0.25, 0.3) is 22.2 Å². The zero-order valence-electron chi connectivity index (χ0n) is 17.8. The highest BCUT2D eigenvalue weighted by Gasteiger charge is 2.19. The van der Waals surface area contributed by atoms with Crippen molar-refractivity contribution in [3.63, 3.8) is 0 Å². The van der Waals surface area contributed by atoms with Gasteiger partial charge in [0.25, 0.3) is 0 Å². The molecule has 4 nitrogen and oxygen atoms in total. The maximum atomic E-state index is 13.4. The molecule has 0 atom stereocenters. The Bertz CT molecular complexity index is 1190. The van der Waals surface area contributed by atoms with Gasteiger partial charge in [-0.3, -0.25) is 4.79 Å². The van der Waals surface area contributed by atoms with E-state index in [9.17, 15) is 4.79 Å². The summed E-state index contributed by atoms with van der Waals surface area (Å²) in [6.45, 7) is 1.86. The van der Waals surface area contributed by atoms with Crippen LogP contribution in [-0.2, 0) is 11.2 Å². The largest absolute Gasteiger partial charge is 0.382 e. The van der Waals surface area contributed by atoms with E-state index in [1.54, 1.807) is 0 Å². The molecular formula is C26H27N3OS2. The van der Waals surface area contributed by atoms with Crippen LogP contribution in [0.5, 0.6) is 0 Å². The molecule has 3 aromatic carbocycles. The normalized spacial score (nSPS) is 10.9. The van der Waals surface area contributed by atoms with E-state index < -0.39 is 0 Å². The van der Waals surface area contributed by atoms with Crippen LogP contribution in [0.4, 0.5) is 5.69 Å². The molecule has 4 rings (SSSR count). The van der Waals surface area contributed by atoms with Crippen LogP contribution in [0.3, 0.4) is 0 Å². The molecule has 6 heteroatoms. The molecule has 164 valence electrons. The predicted molar refractivity (Wildman–Crippen MR) is 140 cm³/mol. The van der Waals surface area contributed by atoms with Crippen LogP contribution in [-0.4, -0.2) is 41.2 Å². The third-order valence-electron chi connectivity index (χ3n) is 5.53. The number of hydrogen-bond acceptors (Lipinski definition) is 4. The molecule has 1 aromatic heterocycles. The molecule has 0 unspecified atom stereocenters. The minimum atomic E-state index is 0.0990. The highest BCUT2D eigenvalue weighted by molar-refractivity contribution is 7.80. The summed E-state index contributed by atoms with van der Waals surface area (Å²) in [6, 6.07) is 26.2. The van der Waals surface area contributed by atoms with Crippen LogP contribution >= 0.6 is 25.3 Å². The Morgan fingerprint density at radius 2 is 1.62 bits per heavy atom. The van der Waals surface area contributed by atoms with Gasteiger partial charge in [0.15, 0.2) is 0 Å². The summed E-state index contributed by atoms with van der Waals surface area (Å²) < 4.78 is 0. The second kappa shape index (κ2) is 10.7. The van der Waals surface area contributed by atoms with Crippen molar-refractivity contribution in [2.75, 3.05) is 30.7 Å². The molecule has 1 amide bonds. The van der Waals surface area contributed by atoms with Gasteiger partial charge in [-0.2, -0.15) is 12.6 Å². The van der Waals surface area contributed by atoms with Gasteiger partial charge in [-0.15, -0.1) is 12.6 Å². The number of fused-ring (bicyclic) bond motifs is 1. The van der Waals surface area contributed by atoms with Crippen LogP contribution in [0, 0.1) is 0 Å². The fourth-order valence-electron chi connectivity index (χ4n) is 3.93. The molecule has 0 aliphatic carbocycles. The van der Waals surface area contributed by atoms with Crippen molar-refractivity contribution >= 4 is 47.8 Å². The second-order valence-corrected chi connectivity index (χ2v) is 8.54. The quantitative estimate of drug-likeness (QED) is 0.248. The SMILES string of the molecule is O=C(Cc1c(-c2ccccc2)[nH]c2ccccc12)N(CCS)CCNc1ccccc1S. The Morgan fingerprint density at radius 1 is 0.906 bits per heavy atom. The number of nitrogens with one attached hydrogen (secondary N) is 2. The van der Waals surface area contributed by atoms with Gasteiger partial charge >= 0.3 is 0 Å². The number of rotatable bonds is 9. The summed E-state index contributed by atoms with van der Waals surface area (Å²) in [7, 11) is 0. The van der Waals surface area contributed by atoms with Crippen molar-refractivity contribution in [2.24, 2.45) is 0 Å². The van der Waals surface area contributed by atoms with Crippen molar-refractivity contribution in [3.05, 3.63) is 84.4 Å². The molecule has 32 heavy (non-hydrogen) atoms. The molecule has 0 saturated carbocycles. The smallest absolute Gasteiger partial charge is 0.227 e. The molecule has 2 N–H and O–H groups in total. The minimum Gasteiger partial charge on any atom is -0.382 e. The first-order valence-electron chi connectivity index (χ1n) is 10.7.